The molecule has 0 spiro atoms. The molecule has 1 aliphatic carbocycles. The molecule has 0 radical (unpaired) electrons. The highest BCUT2D eigenvalue weighted by atomic mass is 16.5. The third kappa shape index (κ3) is 3.39. The summed E-state index contributed by atoms with van der Waals surface area (Å²) in [6, 6.07) is 6.24. The van der Waals surface area contributed by atoms with Crippen molar-refractivity contribution in [3.05, 3.63) is 49.3 Å². The minimum Gasteiger partial charge on any atom is -0.473 e. The van der Waals surface area contributed by atoms with E-state index in [9.17, 15) is 4.79 Å². The predicted molar refractivity (Wildman–Crippen MR) is 117 cm³/mol. The molecule has 1 amide bonds. The first-order valence-electron chi connectivity index (χ1n) is 10.9. The van der Waals surface area contributed by atoms with Crippen molar-refractivity contribution in [3.63, 3.8) is 0 Å². The van der Waals surface area contributed by atoms with E-state index in [0.29, 0.717) is 24.9 Å². The molecule has 1 aliphatic heterocycles. The highest BCUT2D eigenvalue weighted by Gasteiger charge is 2.31. The lowest BCUT2D eigenvalue weighted by molar-refractivity contribution is -0.119. The second-order valence-corrected chi connectivity index (χ2v) is 8.53. The first-order chi connectivity index (χ1) is 15.7. The summed E-state index contributed by atoms with van der Waals surface area (Å²) in [4.78, 5) is 25.3. The molecular formula is C23H23N7O2. The molecule has 2 fully saturated rings. The van der Waals surface area contributed by atoms with Crippen LogP contribution in [0.25, 0.3) is 28.0 Å². The van der Waals surface area contributed by atoms with Crippen LogP contribution < -0.4 is 10.1 Å². The first kappa shape index (κ1) is 19.0. The fourth-order valence-electron chi connectivity index (χ4n) is 4.21. The summed E-state index contributed by atoms with van der Waals surface area (Å²) in [6.45, 7) is 2.63. The maximum absolute atomic E-state index is 11.7. The average Bonchev–Trinajstić information content (AvgIpc) is 3.19. The molecule has 0 aromatic carbocycles. The number of ether oxygens (including phenoxy) is 1. The molecule has 1 N–H and O–H groups in total. The van der Waals surface area contributed by atoms with Gasteiger partial charge in [-0.1, -0.05) is 0 Å². The van der Waals surface area contributed by atoms with Gasteiger partial charge in [0.05, 0.1) is 29.4 Å². The summed E-state index contributed by atoms with van der Waals surface area (Å²) in [6.07, 6.45) is 11.7. The van der Waals surface area contributed by atoms with Gasteiger partial charge in [-0.05, 0) is 38.0 Å². The molecule has 2 aliphatic rings. The van der Waals surface area contributed by atoms with Crippen molar-refractivity contribution in [2.45, 2.75) is 38.3 Å². The average molecular weight is 429 g/mol. The Kier molecular flexibility index (Phi) is 4.41. The lowest BCUT2D eigenvalue weighted by atomic mass is 10.0. The van der Waals surface area contributed by atoms with Crippen LogP contribution in [0.1, 0.15) is 32.2 Å². The summed E-state index contributed by atoms with van der Waals surface area (Å²) >= 11 is 0. The summed E-state index contributed by atoms with van der Waals surface area (Å²) in [5.41, 5.74) is 4.32. The van der Waals surface area contributed by atoms with Crippen molar-refractivity contribution in [3.8, 4) is 22.8 Å². The van der Waals surface area contributed by atoms with Gasteiger partial charge in [-0.25, -0.2) is 14.6 Å². The van der Waals surface area contributed by atoms with Crippen LogP contribution >= 0.6 is 0 Å². The Morgan fingerprint density at radius 2 is 2.09 bits per heavy atom. The molecule has 162 valence electrons. The Labute approximate surface area is 184 Å². The maximum Gasteiger partial charge on any atom is 0.241 e. The lowest BCUT2D eigenvalue weighted by Gasteiger charge is -2.20. The third-order valence-electron chi connectivity index (χ3n) is 6.24. The number of imidazole rings is 1. The number of hydrogen-bond acceptors (Lipinski definition) is 6. The van der Waals surface area contributed by atoms with Crippen LogP contribution in [0.3, 0.4) is 0 Å². The van der Waals surface area contributed by atoms with Gasteiger partial charge in [0.15, 0.2) is 0 Å². The Morgan fingerprint density at radius 3 is 2.84 bits per heavy atom. The predicted octanol–water partition coefficient (Wildman–Crippen LogP) is 2.92. The van der Waals surface area contributed by atoms with Gasteiger partial charge in [0.25, 0.3) is 0 Å². The van der Waals surface area contributed by atoms with E-state index in [1.165, 1.54) is 0 Å². The van der Waals surface area contributed by atoms with Crippen molar-refractivity contribution < 1.29 is 9.53 Å². The van der Waals surface area contributed by atoms with Crippen molar-refractivity contribution in [1.29, 1.82) is 0 Å². The molecular weight excluding hydrogens is 406 g/mol. The van der Waals surface area contributed by atoms with Crippen molar-refractivity contribution in [1.82, 2.24) is 34.6 Å². The van der Waals surface area contributed by atoms with Gasteiger partial charge in [0.2, 0.25) is 11.8 Å². The maximum atomic E-state index is 11.7. The fraction of sp³-hybridized carbons (Fsp3) is 0.348. The van der Waals surface area contributed by atoms with Crippen LogP contribution in [0.4, 0.5) is 0 Å². The first-order valence-corrected chi connectivity index (χ1v) is 10.9. The summed E-state index contributed by atoms with van der Waals surface area (Å²) < 4.78 is 10.4. The van der Waals surface area contributed by atoms with Crippen LogP contribution in [0.15, 0.2) is 49.3 Å². The van der Waals surface area contributed by atoms with Crippen molar-refractivity contribution >= 4 is 16.9 Å². The summed E-state index contributed by atoms with van der Waals surface area (Å²) in [5.74, 6) is 0.754. The van der Waals surface area contributed by atoms with Gasteiger partial charge in [-0.2, -0.15) is 5.10 Å². The number of nitrogens with one attached hydrogen (secondary N) is 1. The number of rotatable bonds is 6. The lowest BCUT2D eigenvalue weighted by Crippen LogP contribution is -2.26. The monoisotopic (exact) mass is 429 g/mol. The SMILES string of the molecule is CC(Oc1nc(-c2cnn(-c3ccncc3)c2)cc2ncn(C3CC3)c12)[C@H]1CNC(=O)C1. The zero-order valence-electron chi connectivity index (χ0n) is 17.7. The van der Waals surface area contributed by atoms with E-state index < -0.39 is 0 Å². The zero-order valence-corrected chi connectivity index (χ0v) is 17.7. The number of aromatic nitrogens is 6. The van der Waals surface area contributed by atoms with Crippen LogP contribution in [-0.2, 0) is 4.79 Å². The smallest absolute Gasteiger partial charge is 0.241 e. The Bertz CT molecular complexity index is 1290. The van der Waals surface area contributed by atoms with Gasteiger partial charge in [0, 0.05) is 49.1 Å². The second kappa shape index (κ2) is 7.44. The van der Waals surface area contributed by atoms with E-state index in [4.69, 9.17) is 9.72 Å². The quantitative estimate of drug-likeness (QED) is 0.506. The molecule has 2 atom stereocenters. The van der Waals surface area contributed by atoms with Gasteiger partial charge in [0.1, 0.15) is 11.6 Å². The number of hydrogen-bond donors (Lipinski definition) is 1. The zero-order chi connectivity index (χ0) is 21.7. The molecule has 4 aromatic heterocycles. The summed E-state index contributed by atoms with van der Waals surface area (Å²) in [7, 11) is 0. The Hall–Kier alpha value is -3.75. The molecule has 1 unspecified atom stereocenters. The van der Waals surface area contributed by atoms with Crippen molar-refractivity contribution in [2.24, 2.45) is 5.92 Å². The number of carbonyl (C=O) groups is 1. The Morgan fingerprint density at radius 1 is 1.25 bits per heavy atom. The van der Waals surface area contributed by atoms with Crippen LogP contribution in [0.2, 0.25) is 0 Å². The molecule has 9 heteroatoms. The molecule has 6 rings (SSSR count). The molecule has 1 saturated carbocycles. The van der Waals surface area contributed by atoms with E-state index in [1.54, 1.807) is 23.3 Å². The number of pyridine rings is 2. The van der Waals surface area contributed by atoms with Gasteiger partial charge < -0.3 is 14.6 Å². The minimum atomic E-state index is -0.151. The third-order valence-corrected chi connectivity index (χ3v) is 6.24. The van der Waals surface area contributed by atoms with E-state index in [0.717, 1.165) is 40.8 Å². The van der Waals surface area contributed by atoms with E-state index in [1.807, 2.05) is 37.6 Å². The van der Waals surface area contributed by atoms with Gasteiger partial charge in [-0.3, -0.25) is 9.78 Å². The molecule has 4 aromatic rings. The molecule has 5 heterocycles. The van der Waals surface area contributed by atoms with Crippen LogP contribution in [0, 0.1) is 5.92 Å². The van der Waals surface area contributed by atoms with Crippen LogP contribution in [0.5, 0.6) is 5.88 Å². The highest BCUT2D eigenvalue weighted by molar-refractivity contribution is 5.85. The number of carbonyl (C=O) groups excluding carboxylic acids is 1. The second-order valence-electron chi connectivity index (χ2n) is 8.53. The van der Waals surface area contributed by atoms with Gasteiger partial charge in [-0.15, -0.1) is 0 Å². The topological polar surface area (TPSA) is 99.8 Å². The molecule has 9 nitrogen and oxygen atoms in total. The Balaban J connectivity index is 1.39. The molecule has 32 heavy (non-hydrogen) atoms. The fourth-order valence-corrected chi connectivity index (χ4v) is 4.21. The number of fused-ring (bicyclic) bond motifs is 1. The minimum absolute atomic E-state index is 0.0730. The number of nitrogens with zero attached hydrogens (tertiary/aromatic N) is 6. The van der Waals surface area contributed by atoms with Crippen molar-refractivity contribution in [2.75, 3.05) is 6.54 Å². The van der Waals surface area contributed by atoms with E-state index >= 15 is 0 Å². The van der Waals surface area contributed by atoms with Crippen LogP contribution in [-0.4, -0.2) is 47.9 Å². The normalized spacial score (nSPS) is 19.3. The number of amides is 1. The van der Waals surface area contributed by atoms with Gasteiger partial charge >= 0.3 is 0 Å². The van der Waals surface area contributed by atoms with E-state index in [-0.39, 0.29) is 17.9 Å². The molecule has 1 saturated heterocycles. The largest absolute Gasteiger partial charge is 0.473 e. The standard InChI is InChI=1S/C23H23N7O2/c1-14(15-8-21(31)25-10-15)32-23-22-20(26-13-29(22)17-2-3-17)9-19(28-23)16-11-27-30(12-16)18-4-6-24-7-5-18/h4-7,9,11-15,17H,2-3,8,10H2,1H3,(H,25,31)/t14?,15-/m1/s1. The molecule has 0 bridgehead atoms. The van der Waals surface area contributed by atoms with E-state index in [2.05, 4.69) is 25.0 Å². The summed E-state index contributed by atoms with van der Waals surface area (Å²) in [5, 5.41) is 7.38. The highest BCUT2D eigenvalue weighted by Crippen LogP contribution is 2.40.